The molecule has 186 valence electrons. The Balaban J connectivity index is 1.26. The number of fused-ring (bicyclic) bond motifs is 2. The van der Waals surface area contributed by atoms with Crippen LogP contribution in [0.1, 0.15) is 18.2 Å². The molecule has 3 aromatic rings. The van der Waals surface area contributed by atoms with Crippen molar-refractivity contribution in [3.63, 3.8) is 0 Å². The van der Waals surface area contributed by atoms with Gasteiger partial charge in [0.2, 0.25) is 5.95 Å². The number of aryl methyl sites for hydroxylation is 1. The number of anilines is 3. The predicted molar refractivity (Wildman–Crippen MR) is 143 cm³/mol. The zero-order valence-corrected chi connectivity index (χ0v) is 21.1. The Morgan fingerprint density at radius 3 is 2.64 bits per heavy atom. The molecule has 0 saturated carbocycles. The van der Waals surface area contributed by atoms with Crippen LogP contribution < -0.4 is 20.0 Å². The maximum absolute atomic E-state index is 9.56. The van der Waals surface area contributed by atoms with Gasteiger partial charge in [0.1, 0.15) is 11.9 Å². The van der Waals surface area contributed by atoms with E-state index in [1.54, 1.807) is 6.20 Å². The summed E-state index contributed by atoms with van der Waals surface area (Å²) in [7, 11) is 0. The van der Waals surface area contributed by atoms with E-state index < -0.39 is 0 Å². The van der Waals surface area contributed by atoms with Gasteiger partial charge < -0.3 is 20.0 Å². The quantitative estimate of drug-likeness (QED) is 0.601. The Labute approximate surface area is 212 Å². The lowest BCUT2D eigenvalue weighted by atomic mass is 10.0. The number of pyridine rings is 1. The smallest absolute Gasteiger partial charge is 0.227 e. The average Bonchev–Trinajstić information content (AvgIpc) is 2.92. The fourth-order valence-electron chi connectivity index (χ4n) is 6.00. The molecule has 1 N–H and O–H groups in total. The minimum atomic E-state index is 0.391. The highest BCUT2D eigenvalue weighted by atomic mass is 15.4. The van der Waals surface area contributed by atoms with E-state index in [9.17, 15) is 5.26 Å². The summed E-state index contributed by atoms with van der Waals surface area (Å²) in [5.74, 6) is 1.89. The van der Waals surface area contributed by atoms with Crippen molar-refractivity contribution in [2.75, 3.05) is 73.6 Å². The van der Waals surface area contributed by atoms with Crippen molar-refractivity contribution >= 4 is 28.4 Å². The number of rotatable bonds is 3. The zero-order chi connectivity index (χ0) is 24.6. The fourth-order valence-corrected chi connectivity index (χ4v) is 6.00. The number of piperazine rings is 3. The lowest BCUT2D eigenvalue weighted by Gasteiger charge is -2.51. The van der Waals surface area contributed by atoms with Gasteiger partial charge in [-0.1, -0.05) is 0 Å². The van der Waals surface area contributed by atoms with Gasteiger partial charge >= 0.3 is 0 Å². The molecule has 6 rings (SSSR count). The first-order valence-electron chi connectivity index (χ1n) is 13.0. The summed E-state index contributed by atoms with van der Waals surface area (Å²) in [6.07, 6.45) is 1.77. The van der Waals surface area contributed by atoms with E-state index in [0.717, 1.165) is 87.3 Å². The SMILES string of the molecule is Cc1cc(N2CCN3C(C)CN(c4ccc(C#N)c5ncccc45)CC3C2)nc(N2CCNCC2)n1. The van der Waals surface area contributed by atoms with Gasteiger partial charge in [0.05, 0.1) is 11.1 Å². The van der Waals surface area contributed by atoms with Crippen LogP contribution in [0.2, 0.25) is 0 Å². The van der Waals surface area contributed by atoms with Gasteiger partial charge in [0.15, 0.2) is 0 Å². The van der Waals surface area contributed by atoms with Crippen LogP contribution in [-0.2, 0) is 0 Å². The monoisotopic (exact) mass is 483 g/mol. The number of hydrogen-bond acceptors (Lipinski definition) is 9. The molecule has 0 radical (unpaired) electrons. The van der Waals surface area contributed by atoms with Crippen LogP contribution in [-0.4, -0.2) is 90.8 Å². The average molecular weight is 484 g/mol. The first kappa shape index (κ1) is 23.0. The van der Waals surface area contributed by atoms with Crippen molar-refractivity contribution in [2.24, 2.45) is 0 Å². The molecule has 3 aliphatic heterocycles. The number of aromatic nitrogens is 3. The van der Waals surface area contributed by atoms with Crippen LogP contribution in [0.4, 0.5) is 17.5 Å². The minimum Gasteiger partial charge on any atom is -0.368 e. The highest BCUT2D eigenvalue weighted by molar-refractivity contribution is 5.95. The van der Waals surface area contributed by atoms with E-state index in [0.29, 0.717) is 17.6 Å². The molecule has 0 amide bonds. The second-order valence-electron chi connectivity index (χ2n) is 10.1. The molecule has 0 bridgehead atoms. The van der Waals surface area contributed by atoms with Crippen molar-refractivity contribution in [3.8, 4) is 6.07 Å². The van der Waals surface area contributed by atoms with Gasteiger partial charge in [-0.25, -0.2) is 4.98 Å². The van der Waals surface area contributed by atoms with Gasteiger partial charge in [-0.3, -0.25) is 9.88 Å². The lowest BCUT2D eigenvalue weighted by molar-refractivity contribution is 0.108. The largest absolute Gasteiger partial charge is 0.368 e. The van der Waals surface area contributed by atoms with Crippen LogP contribution in [0.25, 0.3) is 10.9 Å². The number of nitrogens with zero attached hydrogens (tertiary/aromatic N) is 8. The van der Waals surface area contributed by atoms with Gasteiger partial charge in [0, 0.05) is 100 Å². The van der Waals surface area contributed by atoms with Crippen molar-refractivity contribution in [3.05, 3.63) is 47.8 Å². The van der Waals surface area contributed by atoms with E-state index in [4.69, 9.17) is 9.97 Å². The Bertz CT molecular complexity index is 1300. The predicted octanol–water partition coefficient (Wildman–Crippen LogP) is 2.01. The highest BCUT2D eigenvalue weighted by Gasteiger charge is 2.37. The zero-order valence-electron chi connectivity index (χ0n) is 21.1. The van der Waals surface area contributed by atoms with Crippen LogP contribution in [0.3, 0.4) is 0 Å². The third-order valence-corrected chi connectivity index (χ3v) is 7.77. The molecule has 3 fully saturated rings. The molecule has 9 heteroatoms. The molecule has 2 atom stereocenters. The third-order valence-electron chi connectivity index (χ3n) is 7.77. The van der Waals surface area contributed by atoms with E-state index in [2.05, 4.69) is 68.0 Å². The Morgan fingerprint density at radius 1 is 0.972 bits per heavy atom. The van der Waals surface area contributed by atoms with E-state index >= 15 is 0 Å². The molecule has 3 saturated heterocycles. The summed E-state index contributed by atoms with van der Waals surface area (Å²) in [6.45, 7) is 13.1. The van der Waals surface area contributed by atoms with Gasteiger partial charge in [-0.2, -0.15) is 10.2 Å². The Morgan fingerprint density at radius 2 is 1.81 bits per heavy atom. The molecule has 3 aliphatic rings. The van der Waals surface area contributed by atoms with E-state index in [1.807, 2.05) is 12.1 Å². The lowest BCUT2D eigenvalue weighted by Crippen LogP contribution is -2.65. The van der Waals surface area contributed by atoms with Crippen molar-refractivity contribution in [1.82, 2.24) is 25.2 Å². The number of benzene rings is 1. The maximum atomic E-state index is 9.56. The third kappa shape index (κ3) is 4.21. The van der Waals surface area contributed by atoms with Crippen molar-refractivity contribution in [2.45, 2.75) is 25.9 Å². The number of nitrogens with one attached hydrogen (secondary N) is 1. The van der Waals surface area contributed by atoms with Gasteiger partial charge in [-0.05, 0) is 38.1 Å². The first-order chi connectivity index (χ1) is 17.6. The minimum absolute atomic E-state index is 0.391. The molecule has 5 heterocycles. The molecule has 1 aromatic carbocycles. The summed E-state index contributed by atoms with van der Waals surface area (Å²) in [4.78, 5) is 24.2. The van der Waals surface area contributed by atoms with Crippen molar-refractivity contribution in [1.29, 1.82) is 5.26 Å². The van der Waals surface area contributed by atoms with Crippen LogP contribution >= 0.6 is 0 Å². The van der Waals surface area contributed by atoms with Crippen LogP contribution in [0, 0.1) is 18.3 Å². The summed E-state index contributed by atoms with van der Waals surface area (Å²) in [5.41, 5.74) is 3.60. The summed E-state index contributed by atoms with van der Waals surface area (Å²) in [5, 5.41) is 14.0. The highest BCUT2D eigenvalue weighted by Crippen LogP contribution is 2.32. The summed E-state index contributed by atoms with van der Waals surface area (Å²) < 4.78 is 0. The molecule has 2 unspecified atom stereocenters. The summed E-state index contributed by atoms with van der Waals surface area (Å²) >= 11 is 0. The molecule has 0 aliphatic carbocycles. The van der Waals surface area contributed by atoms with E-state index in [1.165, 1.54) is 5.69 Å². The second-order valence-corrected chi connectivity index (χ2v) is 10.1. The van der Waals surface area contributed by atoms with E-state index in [-0.39, 0.29) is 0 Å². The molecular weight excluding hydrogens is 450 g/mol. The maximum Gasteiger partial charge on any atom is 0.227 e. The molecule has 0 spiro atoms. The molecule has 2 aromatic heterocycles. The molecule has 36 heavy (non-hydrogen) atoms. The first-order valence-corrected chi connectivity index (χ1v) is 13.0. The summed E-state index contributed by atoms with van der Waals surface area (Å²) in [6, 6.07) is 13.3. The number of hydrogen-bond donors (Lipinski definition) is 1. The number of nitriles is 1. The molecule has 9 nitrogen and oxygen atoms in total. The van der Waals surface area contributed by atoms with Gasteiger partial charge in [-0.15, -0.1) is 0 Å². The Hall–Kier alpha value is -3.48. The fraction of sp³-hybridized carbons (Fsp3) is 0.481. The van der Waals surface area contributed by atoms with Crippen LogP contribution in [0.5, 0.6) is 0 Å². The van der Waals surface area contributed by atoms with Gasteiger partial charge in [0.25, 0.3) is 0 Å². The second kappa shape index (κ2) is 9.52. The van der Waals surface area contributed by atoms with Crippen molar-refractivity contribution < 1.29 is 0 Å². The topological polar surface area (TPSA) is 87.5 Å². The standard InChI is InChI=1S/C27H33N9/c1-19-14-25(32-27(31-19)33-10-8-29-9-11-33)34-12-13-36-20(2)16-35(18-22(36)17-34)24-6-5-21(15-28)26-23(24)4-3-7-30-26/h3-7,14,20,22,29H,8-13,16-18H2,1-2H3. The Kier molecular flexibility index (Phi) is 6.07. The van der Waals surface area contributed by atoms with Crippen LogP contribution in [0.15, 0.2) is 36.5 Å². The normalized spacial score (nSPS) is 23.0. The molecular formula is C27H33N9.